The SMILES string of the molecule is CC(C)CNS(=O)(=O)c1cc2c(c3ccc(C4CC4)cc13)C(NC(=O)OC(C)(C)C)CC2. The molecule has 0 saturated heterocycles. The highest BCUT2D eigenvalue weighted by Gasteiger charge is 2.32. The Morgan fingerprint density at radius 1 is 1.12 bits per heavy atom. The standard InChI is InChI=1S/C25H34N2O4S/c1-15(2)14-26-32(29,30)22-13-18-9-11-21(27-24(28)31-25(3,4)5)23(18)19-10-8-17(12-20(19)22)16-6-7-16/h8,10,12-13,15-16,21,26H,6-7,9,11,14H2,1-5H3,(H,27,28). The Labute approximate surface area is 191 Å². The smallest absolute Gasteiger partial charge is 0.408 e. The van der Waals surface area contributed by atoms with Crippen LogP contribution in [0.3, 0.4) is 0 Å². The molecule has 2 aromatic rings. The van der Waals surface area contributed by atoms with Gasteiger partial charge in [-0.1, -0.05) is 26.0 Å². The highest BCUT2D eigenvalue weighted by Crippen LogP contribution is 2.44. The number of amides is 1. The van der Waals surface area contributed by atoms with E-state index in [-0.39, 0.29) is 12.0 Å². The van der Waals surface area contributed by atoms with E-state index in [4.69, 9.17) is 4.74 Å². The number of rotatable bonds is 6. The average molecular weight is 459 g/mol. The molecule has 0 aromatic heterocycles. The predicted octanol–water partition coefficient (Wildman–Crippen LogP) is 5.16. The largest absolute Gasteiger partial charge is 0.444 e. The van der Waals surface area contributed by atoms with Crippen LogP contribution in [0, 0.1) is 5.92 Å². The molecule has 32 heavy (non-hydrogen) atoms. The van der Waals surface area contributed by atoms with Gasteiger partial charge in [0.05, 0.1) is 10.9 Å². The zero-order valence-electron chi connectivity index (χ0n) is 19.6. The normalized spacial score (nSPS) is 18.8. The van der Waals surface area contributed by atoms with Crippen molar-refractivity contribution in [3.8, 4) is 0 Å². The highest BCUT2D eigenvalue weighted by atomic mass is 32.2. The van der Waals surface area contributed by atoms with Crippen LogP contribution in [0.2, 0.25) is 0 Å². The van der Waals surface area contributed by atoms with Gasteiger partial charge < -0.3 is 10.1 Å². The van der Waals surface area contributed by atoms with E-state index in [1.807, 2.05) is 52.8 Å². The summed E-state index contributed by atoms with van der Waals surface area (Å²) >= 11 is 0. The summed E-state index contributed by atoms with van der Waals surface area (Å²) in [5.41, 5.74) is 2.60. The summed E-state index contributed by atoms with van der Waals surface area (Å²) < 4.78 is 34.8. The number of carbonyl (C=O) groups excluding carboxylic acids is 1. The number of ether oxygens (including phenoxy) is 1. The van der Waals surface area contributed by atoms with Crippen LogP contribution >= 0.6 is 0 Å². The van der Waals surface area contributed by atoms with E-state index in [1.54, 1.807) is 0 Å². The number of hydrogen-bond donors (Lipinski definition) is 2. The first kappa shape index (κ1) is 23.1. The fraction of sp³-hybridized carbons (Fsp3) is 0.560. The third-order valence-electron chi connectivity index (χ3n) is 6.01. The topological polar surface area (TPSA) is 84.5 Å². The Morgan fingerprint density at radius 2 is 1.84 bits per heavy atom. The zero-order valence-corrected chi connectivity index (χ0v) is 20.4. The Balaban J connectivity index is 1.78. The number of sulfonamides is 1. The minimum Gasteiger partial charge on any atom is -0.444 e. The molecule has 2 aliphatic rings. The minimum absolute atomic E-state index is 0.200. The van der Waals surface area contributed by atoms with Crippen LogP contribution in [0.4, 0.5) is 4.79 Å². The summed E-state index contributed by atoms with van der Waals surface area (Å²) in [6.45, 7) is 9.89. The first-order valence-electron chi connectivity index (χ1n) is 11.5. The van der Waals surface area contributed by atoms with Crippen molar-refractivity contribution in [2.45, 2.75) is 82.8 Å². The van der Waals surface area contributed by atoms with Crippen molar-refractivity contribution in [3.05, 3.63) is 41.0 Å². The lowest BCUT2D eigenvalue weighted by atomic mass is 9.96. The second-order valence-corrected chi connectivity index (χ2v) is 12.2. The third kappa shape index (κ3) is 4.94. The van der Waals surface area contributed by atoms with Gasteiger partial charge in [-0.2, -0.15) is 0 Å². The lowest BCUT2D eigenvalue weighted by molar-refractivity contribution is 0.0504. The molecule has 2 aromatic carbocycles. The quantitative estimate of drug-likeness (QED) is 0.626. The number of nitrogens with one attached hydrogen (secondary N) is 2. The van der Waals surface area contributed by atoms with E-state index in [9.17, 15) is 13.2 Å². The number of fused-ring (bicyclic) bond motifs is 3. The summed E-state index contributed by atoms with van der Waals surface area (Å²) in [7, 11) is -3.65. The molecule has 2 aliphatic carbocycles. The molecule has 1 amide bonds. The monoisotopic (exact) mass is 458 g/mol. The van der Waals surface area contributed by atoms with Crippen LogP contribution in [0.15, 0.2) is 29.2 Å². The molecule has 1 fully saturated rings. The van der Waals surface area contributed by atoms with Crippen LogP contribution in [0.5, 0.6) is 0 Å². The van der Waals surface area contributed by atoms with Gasteiger partial charge in [-0.05, 0) is 92.5 Å². The number of alkyl carbamates (subject to hydrolysis) is 1. The summed E-state index contributed by atoms with van der Waals surface area (Å²) in [5.74, 6) is 0.734. The van der Waals surface area contributed by atoms with Gasteiger partial charge in [-0.25, -0.2) is 17.9 Å². The van der Waals surface area contributed by atoms with Gasteiger partial charge in [0.25, 0.3) is 0 Å². The molecule has 0 radical (unpaired) electrons. The van der Waals surface area contributed by atoms with Gasteiger partial charge in [-0.15, -0.1) is 0 Å². The molecular weight excluding hydrogens is 424 g/mol. The lowest BCUT2D eigenvalue weighted by Crippen LogP contribution is -2.34. The number of benzene rings is 2. The van der Waals surface area contributed by atoms with Gasteiger partial charge in [0.15, 0.2) is 0 Å². The molecule has 6 nitrogen and oxygen atoms in total. The van der Waals surface area contributed by atoms with Crippen LogP contribution in [-0.4, -0.2) is 26.7 Å². The Hall–Kier alpha value is -2.12. The molecule has 1 saturated carbocycles. The van der Waals surface area contributed by atoms with E-state index in [0.717, 1.165) is 41.2 Å². The molecule has 0 bridgehead atoms. The van der Waals surface area contributed by atoms with Gasteiger partial charge in [-0.3, -0.25) is 0 Å². The van der Waals surface area contributed by atoms with Crippen molar-refractivity contribution in [3.63, 3.8) is 0 Å². The predicted molar refractivity (Wildman–Crippen MR) is 126 cm³/mol. The van der Waals surface area contributed by atoms with Gasteiger partial charge >= 0.3 is 6.09 Å². The van der Waals surface area contributed by atoms with Crippen molar-refractivity contribution >= 4 is 26.9 Å². The van der Waals surface area contributed by atoms with Crippen molar-refractivity contribution in [1.82, 2.24) is 10.0 Å². The zero-order chi connectivity index (χ0) is 23.3. The maximum Gasteiger partial charge on any atom is 0.408 e. The fourth-order valence-corrected chi connectivity index (χ4v) is 5.86. The molecule has 4 rings (SSSR count). The Bertz CT molecular complexity index is 1140. The highest BCUT2D eigenvalue weighted by molar-refractivity contribution is 7.89. The third-order valence-corrected chi connectivity index (χ3v) is 7.48. The maximum absolute atomic E-state index is 13.3. The molecule has 1 atom stereocenters. The molecule has 0 heterocycles. The Kier molecular flexibility index (Phi) is 6.01. The molecule has 0 aliphatic heterocycles. The molecule has 2 N–H and O–H groups in total. The molecule has 174 valence electrons. The maximum atomic E-state index is 13.3. The van der Waals surface area contributed by atoms with Crippen molar-refractivity contribution in [1.29, 1.82) is 0 Å². The Morgan fingerprint density at radius 3 is 2.47 bits per heavy atom. The fourth-order valence-electron chi connectivity index (χ4n) is 4.39. The van der Waals surface area contributed by atoms with Crippen molar-refractivity contribution in [2.24, 2.45) is 5.92 Å². The van der Waals surface area contributed by atoms with E-state index in [2.05, 4.69) is 16.1 Å². The van der Waals surface area contributed by atoms with Gasteiger partial charge in [0, 0.05) is 11.9 Å². The second kappa shape index (κ2) is 8.34. The van der Waals surface area contributed by atoms with Crippen LogP contribution in [0.25, 0.3) is 10.8 Å². The van der Waals surface area contributed by atoms with Crippen LogP contribution < -0.4 is 10.0 Å². The minimum atomic E-state index is -3.65. The van der Waals surface area contributed by atoms with Crippen molar-refractivity contribution < 1.29 is 17.9 Å². The number of aryl methyl sites for hydroxylation is 1. The first-order valence-corrected chi connectivity index (χ1v) is 13.0. The van der Waals surface area contributed by atoms with Gasteiger partial charge in [0.2, 0.25) is 10.0 Å². The molecular formula is C25H34N2O4S. The van der Waals surface area contributed by atoms with Crippen LogP contribution in [-0.2, 0) is 21.2 Å². The van der Waals surface area contributed by atoms with E-state index >= 15 is 0 Å². The summed E-state index contributed by atoms with van der Waals surface area (Å²) in [4.78, 5) is 12.8. The summed E-state index contributed by atoms with van der Waals surface area (Å²) in [6, 6.07) is 7.81. The van der Waals surface area contributed by atoms with E-state index < -0.39 is 21.7 Å². The molecule has 7 heteroatoms. The second-order valence-electron chi connectivity index (χ2n) is 10.5. The van der Waals surface area contributed by atoms with E-state index in [1.165, 1.54) is 5.56 Å². The average Bonchev–Trinajstić information content (AvgIpc) is 3.46. The first-order chi connectivity index (χ1) is 14.9. The van der Waals surface area contributed by atoms with Gasteiger partial charge in [0.1, 0.15) is 5.60 Å². The van der Waals surface area contributed by atoms with Crippen molar-refractivity contribution in [2.75, 3.05) is 6.54 Å². The molecule has 1 unspecified atom stereocenters. The summed E-state index contributed by atoms with van der Waals surface area (Å²) in [6.07, 6.45) is 3.27. The number of carbonyl (C=O) groups is 1. The summed E-state index contributed by atoms with van der Waals surface area (Å²) in [5, 5.41) is 4.64. The molecule has 0 spiro atoms. The van der Waals surface area contributed by atoms with Crippen LogP contribution in [0.1, 0.15) is 82.5 Å². The lowest BCUT2D eigenvalue weighted by Gasteiger charge is -2.23. The number of hydrogen-bond acceptors (Lipinski definition) is 4. The van der Waals surface area contributed by atoms with E-state index in [0.29, 0.717) is 23.8 Å².